The predicted octanol–water partition coefficient (Wildman–Crippen LogP) is 2.56. The second-order valence-corrected chi connectivity index (χ2v) is 5.06. The van der Waals surface area contributed by atoms with E-state index in [0.29, 0.717) is 31.3 Å². The first-order chi connectivity index (χ1) is 9.44. The molecule has 1 N–H and O–H groups in total. The Labute approximate surface area is 121 Å². The number of piperazine rings is 1. The number of nitrogens with one attached hydrogen (secondary N) is 1. The molecule has 0 aromatic heterocycles. The Morgan fingerprint density at radius 1 is 1.10 bits per heavy atom. The summed E-state index contributed by atoms with van der Waals surface area (Å²) in [4.78, 5) is 3.30. The van der Waals surface area contributed by atoms with Crippen LogP contribution in [-0.4, -0.2) is 53.8 Å². The normalized spacial score (nSPS) is 17.1. The van der Waals surface area contributed by atoms with Crippen LogP contribution in [0.4, 0.5) is 18.9 Å². The molecule has 1 saturated heterocycles. The SMILES string of the molecule is FC(F)(F)CN1CCN(C(=S)Nc2ccccc2)CC1. The third-order valence-corrected chi connectivity index (χ3v) is 3.45. The Kier molecular flexibility index (Phi) is 4.82. The molecule has 1 aromatic carbocycles. The summed E-state index contributed by atoms with van der Waals surface area (Å²) in [6.45, 7) is 0.912. The molecule has 1 fully saturated rings. The quantitative estimate of drug-likeness (QED) is 0.846. The molecule has 0 saturated carbocycles. The van der Waals surface area contributed by atoms with Gasteiger partial charge in [0.2, 0.25) is 0 Å². The minimum Gasteiger partial charge on any atom is -0.346 e. The maximum absolute atomic E-state index is 12.3. The molecule has 0 aliphatic carbocycles. The van der Waals surface area contributed by atoms with Gasteiger partial charge in [0.05, 0.1) is 6.54 Å². The van der Waals surface area contributed by atoms with Gasteiger partial charge in [0.15, 0.2) is 5.11 Å². The van der Waals surface area contributed by atoms with Crippen molar-refractivity contribution in [2.45, 2.75) is 6.18 Å². The molecule has 0 radical (unpaired) electrons. The van der Waals surface area contributed by atoms with Crippen molar-refractivity contribution >= 4 is 23.0 Å². The van der Waals surface area contributed by atoms with Crippen LogP contribution in [0, 0.1) is 0 Å². The molecule has 1 heterocycles. The number of thiocarbonyl (C=S) groups is 1. The summed E-state index contributed by atoms with van der Waals surface area (Å²) in [7, 11) is 0. The van der Waals surface area contributed by atoms with E-state index in [1.807, 2.05) is 35.2 Å². The summed E-state index contributed by atoms with van der Waals surface area (Å²) in [5, 5.41) is 3.65. The van der Waals surface area contributed by atoms with Gasteiger partial charge < -0.3 is 10.2 Å². The van der Waals surface area contributed by atoms with Crippen molar-refractivity contribution in [3.8, 4) is 0 Å². The molecule has 3 nitrogen and oxygen atoms in total. The molecule has 0 spiro atoms. The molecule has 20 heavy (non-hydrogen) atoms. The van der Waals surface area contributed by atoms with Gasteiger partial charge in [-0.25, -0.2) is 0 Å². The Hall–Kier alpha value is -1.34. The fraction of sp³-hybridized carbons (Fsp3) is 0.462. The van der Waals surface area contributed by atoms with Crippen molar-refractivity contribution in [2.24, 2.45) is 0 Å². The average Bonchev–Trinajstić information content (AvgIpc) is 2.39. The van der Waals surface area contributed by atoms with Crippen molar-refractivity contribution in [1.29, 1.82) is 0 Å². The zero-order chi connectivity index (χ0) is 14.6. The third kappa shape index (κ3) is 4.64. The van der Waals surface area contributed by atoms with E-state index in [2.05, 4.69) is 5.32 Å². The minimum absolute atomic E-state index is 0.371. The average molecular weight is 303 g/mol. The van der Waals surface area contributed by atoms with E-state index in [1.165, 1.54) is 4.90 Å². The van der Waals surface area contributed by atoms with Crippen LogP contribution in [-0.2, 0) is 0 Å². The summed E-state index contributed by atoms with van der Waals surface area (Å²) in [6.07, 6.45) is -4.13. The zero-order valence-corrected chi connectivity index (χ0v) is 11.7. The fourth-order valence-electron chi connectivity index (χ4n) is 2.09. The van der Waals surface area contributed by atoms with Crippen molar-refractivity contribution < 1.29 is 13.2 Å². The number of alkyl halides is 3. The Bertz CT molecular complexity index is 442. The molecule has 110 valence electrons. The molecule has 1 aliphatic rings. The van der Waals surface area contributed by atoms with Crippen molar-refractivity contribution in [3.63, 3.8) is 0 Å². The van der Waals surface area contributed by atoms with Crippen LogP contribution >= 0.6 is 12.2 Å². The largest absolute Gasteiger partial charge is 0.401 e. The summed E-state index contributed by atoms with van der Waals surface area (Å²) in [6, 6.07) is 9.49. The molecule has 2 rings (SSSR count). The summed E-state index contributed by atoms with van der Waals surface area (Å²) in [5.41, 5.74) is 0.884. The van der Waals surface area contributed by atoms with E-state index in [0.717, 1.165) is 5.69 Å². The number of benzene rings is 1. The molecule has 7 heteroatoms. The predicted molar refractivity (Wildman–Crippen MR) is 76.7 cm³/mol. The molecule has 0 atom stereocenters. The van der Waals surface area contributed by atoms with Crippen LogP contribution in [0.5, 0.6) is 0 Å². The van der Waals surface area contributed by atoms with Gasteiger partial charge in [-0.1, -0.05) is 18.2 Å². The standard InChI is InChI=1S/C13H16F3N3S/c14-13(15,16)10-18-6-8-19(9-7-18)12(20)17-11-4-2-1-3-5-11/h1-5H,6-10H2,(H,17,20). The lowest BCUT2D eigenvalue weighted by atomic mass is 10.3. The van der Waals surface area contributed by atoms with E-state index >= 15 is 0 Å². The fourth-order valence-corrected chi connectivity index (χ4v) is 2.39. The molecule has 0 bridgehead atoms. The lowest BCUT2D eigenvalue weighted by Crippen LogP contribution is -2.51. The van der Waals surface area contributed by atoms with Crippen LogP contribution in [0.3, 0.4) is 0 Å². The first kappa shape index (κ1) is 15.1. The molecule has 1 aromatic rings. The van der Waals surface area contributed by atoms with Crippen molar-refractivity contribution in [3.05, 3.63) is 30.3 Å². The maximum atomic E-state index is 12.3. The molecular weight excluding hydrogens is 287 g/mol. The Morgan fingerprint density at radius 3 is 2.25 bits per heavy atom. The van der Waals surface area contributed by atoms with E-state index < -0.39 is 12.7 Å². The first-order valence-corrected chi connectivity index (χ1v) is 6.75. The van der Waals surface area contributed by atoms with Crippen LogP contribution in [0.15, 0.2) is 30.3 Å². The number of anilines is 1. The highest BCUT2D eigenvalue weighted by Gasteiger charge is 2.32. The van der Waals surface area contributed by atoms with Crippen LogP contribution in [0.1, 0.15) is 0 Å². The summed E-state index contributed by atoms with van der Waals surface area (Å²) in [5.74, 6) is 0. The number of hydrogen-bond donors (Lipinski definition) is 1. The topological polar surface area (TPSA) is 18.5 Å². The van der Waals surface area contributed by atoms with Crippen LogP contribution in [0.25, 0.3) is 0 Å². The second-order valence-electron chi connectivity index (χ2n) is 4.67. The van der Waals surface area contributed by atoms with Gasteiger partial charge in [0, 0.05) is 31.9 Å². The van der Waals surface area contributed by atoms with Gasteiger partial charge in [0.25, 0.3) is 0 Å². The highest BCUT2D eigenvalue weighted by Crippen LogP contribution is 2.17. The highest BCUT2D eigenvalue weighted by atomic mass is 32.1. The third-order valence-electron chi connectivity index (χ3n) is 3.09. The Morgan fingerprint density at radius 2 is 1.70 bits per heavy atom. The van der Waals surface area contributed by atoms with E-state index in [1.54, 1.807) is 0 Å². The number of nitrogens with zero attached hydrogens (tertiary/aromatic N) is 2. The number of halogens is 3. The number of para-hydroxylation sites is 1. The van der Waals surface area contributed by atoms with Gasteiger partial charge in [-0.15, -0.1) is 0 Å². The van der Waals surface area contributed by atoms with E-state index in [9.17, 15) is 13.2 Å². The van der Waals surface area contributed by atoms with E-state index in [4.69, 9.17) is 12.2 Å². The van der Waals surface area contributed by atoms with Crippen LogP contribution < -0.4 is 5.32 Å². The summed E-state index contributed by atoms with van der Waals surface area (Å²) >= 11 is 5.28. The molecule has 0 unspecified atom stereocenters. The van der Waals surface area contributed by atoms with Crippen molar-refractivity contribution in [1.82, 2.24) is 9.80 Å². The lowest BCUT2D eigenvalue weighted by molar-refractivity contribution is -0.148. The van der Waals surface area contributed by atoms with Gasteiger partial charge >= 0.3 is 6.18 Å². The smallest absolute Gasteiger partial charge is 0.346 e. The molecular formula is C13H16F3N3S. The zero-order valence-electron chi connectivity index (χ0n) is 10.9. The second kappa shape index (κ2) is 6.41. The number of rotatable bonds is 2. The lowest BCUT2D eigenvalue weighted by Gasteiger charge is -2.36. The summed E-state index contributed by atoms with van der Waals surface area (Å²) < 4.78 is 36.9. The number of hydrogen-bond acceptors (Lipinski definition) is 2. The highest BCUT2D eigenvalue weighted by molar-refractivity contribution is 7.80. The van der Waals surface area contributed by atoms with Crippen molar-refractivity contribution in [2.75, 3.05) is 38.0 Å². The Balaban J connectivity index is 1.80. The van der Waals surface area contributed by atoms with Gasteiger partial charge in [-0.05, 0) is 24.4 Å². The maximum Gasteiger partial charge on any atom is 0.401 e. The minimum atomic E-state index is -4.13. The monoisotopic (exact) mass is 303 g/mol. The van der Waals surface area contributed by atoms with Gasteiger partial charge in [-0.2, -0.15) is 13.2 Å². The molecule has 0 amide bonds. The van der Waals surface area contributed by atoms with Gasteiger partial charge in [-0.3, -0.25) is 4.90 Å². The van der Waals surface area contributed by atoms with E-state index in [-0.39, 0.29) is 0 Å². The van der Waals surface area contributed by atoms with Crippen LogP contribution in [0.2, 0.25) is 0 Å². The first-order valence-electron chi connectivity index (χ1n) is 6.34. The molecule has 1 aliphatic heterocycles. The van der Waals surface area contributed by atoms with Gasteiger partial charge in [0.1, 0.15) is 0 Å².